The molecule has 0 N–H and O–H groups in total. The first-order valence-corrected chi connectivity index (χ1v) is 36.1. The summed E-state index contributed by atoms with van der Waals surface area (Å²) < 4.78 is 17.0. The fraction of sp³-hybridized carbons (Fsp3) is 0.853. The molecule has 0 saturated carbocycles. The zero-order valence-electron chi connectivity index (χ0n) is 54.6. The van der Waals surface area contributed by atoms with Gasteiger partial charge in [-0.05, 0) is 83.5 Å². The van der Waals surface area contributed by atoms with Gasteiger partial charge in [-0.15, -0.1) is 0 Å². The summed E-state index contributed by atoms with van der Waals surface area (Å²) in [6, 6.07) is 0. The summed E-state index contributed by atoms with van der Waals surface area (Å²) in [5.41, 5.74) is 0. The predicted molar refractivity (Wildman–Crippen MR) is 353 cm³/mol. The van der Waals surface area contributed by atoms with Crippen LogP contribution in [0.15, 0.2) is 48.6 Å². The molecule has 0 aliphatic rings. The molecular weight excluding hydrogens is 997 g/mol. The van der Waals surface area contributed by atoms with E-state index in [0.717, 1.165) is 77.0 Å². The number of allylic oxidation sites excluding steroid dienone is 8. The molecular formula is C75H138O6. The van der Waals surface area contributed by atoms with E-state index >= 15 is 0 Å². The van der Waals surface area contributed by atoms with Crippen molar-refractivity contribution >= 4 is 17.9 Å². The molecule has 0 radical (unpaired) electrons. The molecule has 1 atom stereocenters. The molecule has 0 aromatic heterocycles. The van der Waals surface area contributed by atoms with E-state index in [-0.39, 0.29) is 31.1 Å². The van der Waals surface area contributed by atoms with E-state index < -0.39 is 6.10 Å². The van der Waals surface area contributed by atoms with Crippen LogP contribution in [0.4, 0.5) is 0 Å². The van der Waals surface area contributed by atoms with Crippen molar-refractivity contribution in [2.75, 3.05) is 13.2 Å². The highest BCUT2D eigenvalue weighted by Crippen LogP contribution is 2.18. The fourth-order valence-corrected chi connectivity index (χ4v) is 10.9. The van der Waals surface area contributed by atoms with Crippen LogP contribution in [-0.4, -0.2) is 37.2 Å². The maximum Gasteiger partial charge on any atom is 0.306 e. The van der Waals surface area contributed by atoms with Crippen molar-refractivity contribution in [3.8, 4) is 0 Å². The van der Waals surface area contributed by atoms with E-state index in [2.05, 4.69) is 69.4 Å². The number of ether oxygens (including phenoxy) is 3. The number of carbonyl (C=O) groups is 3. The lowest BCUT2D eigenvalue weighted by Crippen LogP contribution is -2.30. The Balaban J connectivity index is 4.20. The number of hydrogen-bond donors (Lipinski definition) is 0. The molecule has 81 heavy (non-hydrogen) atoms. The zero-order chi connectivity index (χ0) is 58.5. The molecule has 6 heteroatoms. The maximum absolute atomic E-state index is 12.9. The van der Waals surface area contributed by atoms with Gasteiger partial charge in [0.2, 0.25) is 0 Å². The standard InChI is InChI=1S/C75H138O6/c1-4-7-10-13-16-19-22-25-28-31-32-33-34-35-36-37-38-39-40-41-42-43-44-45-48-50-53-56-59-62-65-68-74(77)80-71-72(81-75(78)69-66-63-60-57-54-51-47-30-27-24-21-18-15-12-9-6-3)70-79-73(76)67-64-61-58-55-52-49-46-29-26-23-20-17-14-11-8-5-2/h22,25,30-32,34-35,47,72H,4-21,23-24,26-29,33,36-46,48-71H2,1-3H3/b25-22-,32-31-,35-34-,47-30-. The highest BCUT2D eigenvalue weighted by atomic mass is 16.6. The topological polar surface area (TPSA) is 78.9 Å². The molecule has 0 spiro atoms. The van der Waals surface area contributed by atoms with Gasteiger partial charge in [0.25, 0.3) is 0 Å². The van der Waals surface area contributed by atoms with Crippen LogP contribution in [0.2, 0.25) is 0 Å². The molecule has 0 aliphatic carbocycles. The van der Waals surface area contributed by atoms with Crippen molar-refractivity contribution < 1.29 is 28.6 Å². The van der Waals surface area contributed by atoms with Crippen molar-refractivity contribution in [3.63, 3.8) is 0 Å². The largest absolute Gasteiger partial charge is 0.462 e. The van der Waals surface area contributed by atoms with E-state index in [9.17, 15) is 14.4 Å². The monoisotopic (exact) mass is 1140 g/mol. The normalized spacial score (nSPS) is 12.3. The van der Waals surface area contributed by atoms with Crippen LogP contribution < -0.4 is 0 Å². The van der Waals surface area contributed by atoms with Gasteiger partial charge in [0.05, 0.1) is 0 Å². The Hall–Kier alpha value is -2.63. The van der Waals surface area contributed by atoms with Crippen LogP contribution >= 0.6 is 0 Å². The second-order valence-electron chi connectivity index (χ2n) is 24.5. The molecule has 0 rings (SSSR count). The second kappa shape index (κ2) is 69.9. The van der Waals surface area contributed by atoms with E-state index in [4.69, 9.17) is 14.2 Å². The van der Waals surface area contributed by atoms with Crippen LogP contribution in [0.25, 0.3) is 0 Å². The average molecular weight is 1140 g/mol. The minimum atomic E-state index is -0.775. The highest BCUT2D eigenvalue weighted by Gasteiger charge is 2.19. The van der Waals surface area contributed by atoms with Crippen LogP contribution in [0.3, 0.4) is 0 Å². The van der Waals surface area contributed by atoms with Crippen LogP contribution in [0.5, 0.6) is 0 Å². The van der Waals surface area contributed by atoms with E-state index in [1.54, 1.807) is 0 Å². The third-order valence-electron chi connectivity index (χ3n) is 16.3. The lowest BCUT2D eigenvalue weighted by molar-refractivity contribution is -0.167. The third-order valence-corrected chi connectivity index (χ3v) is 16.3. The smallest absolute Gasteiger partial charge is 0.306 e. The Kier molecular flexibility index (Phi) is 67.6. The Bertz CT molecular complexity index is 1400. The minimum Gasteiger partial charge on any atom is -0.462 e. The summed E-state index contributed by atoms with van der Waals surface area (Å²) in [5.74, 6) is -0.851. The molecule has 0 bridgehead atoms. The van der Waals surface area contributed by atoms with Crippen molar-refractivity contribution in [1.29, 1.82) is 0 Å². The highest BCUT2D eigenvalue weighted by molar-refractivity contribution is 5.71. The summed E-state index contributed by atoms with van der Waals surface area (Å²) in [6.07, 6.45) is 88.6. The molecule has 0 amide bonds. The van der Waals surface area contributed by atoms with Crippen LogP contribution in [0.1, 0.15) is 393 Å². The summed E-state index contributed by atoms with van der Waals surface area (Å²) in [6.45, 7) is 6.69. The molecule has 0 fully saturated rings. The molecule has 0 heterocycles. The van der Waals surface area contributed by atoms with Gasteiger partial charge in [-0.2, -0.15) is 0 Å². The Morgan fingerprint density at radius 3 is 0.704 bits per heavy atom. The summed E-state index contributed by atoms with van der Waals surface area (Å²) >= 11 is 0. The maximum atomic E-state index is 12.9. The molecule has 474 valence electrons. The number of hydrogen-bond acceptors (Lipinski definition) is 6. The number of esters is 3. The first-order chi connectivity index (χ1) is 40.0. The van der Waals surface area contributed by atoms with E-state index in [1.165, 1.54) is 276 Å². The van der Waals surface area contributed by atoms with Gasteiger partial charge < -0.3 is 14.2 Å². The molecule has 0 aromatic carbocycles. The number of unbranched alkanes of at least 4 members (excludes halogenated alkanes) is 48. The average Bonchev–Trinajstić information content (AvgIpc) is 3.47. The SMILES string of the molecule is CCCCCCC/C=C\C/C=C\C/C=C\CCCCCCCCCCCCCCCCCCC(=O)OCC(COC(=O)CCCCCCCCCCCCCCCCCC)OC(=O)CCCCCCC/C=C\CCCCCCCCC. The van der Waals surface area contributed by atoms with E-state index in [1.807, 2.05) is 0 Å². The van der Waals surface area contributed by atoms with Gasteiger partial charge in [0.1, 0.15) is 13.2 Å². The van der Waals surface area contributed by atoms with Gasteiger partial charge in [0, 0.05) is 19.3 Å². The van der Waals surface area contributed by atoms with Crippen LogP contribution in [-0.2, 0) is 28.6 Å². The fourth-order valence-electron chi connectivity index (χ4n) is 10.9. The molecule has 0 saturated heterocycles. The predicted octanol–water partition coefficient (Wildman–Crippen LogP) is 24.9. The summed E-state index contributed by atoms with van der Waals surface area (Å²) in [4.78, 5) is 38.4. The summed E-state index contributed by atoms with van der Waals surface area (Å²) in [5, 5.41) is 0. The third kappa shape index (κ3) is 68.0. The van der Waals surface area contributed by atoms with Crippen molar-refractivity contribution in [2.24, 2.45) is 0 Å². The molecule has 1 unspecified atom stereocenters. The Morgan fingerprint density at radius 1 is 0.247 bits per heavy atom. The second-order valence-corrected chi connectivity index (χ2v) is 24.5. The quantitative estimate of drug-likeness (QED) is 0.0261. The first-order valence-electron chi connectivity index (χ1n) is 36.1. The van der Waals surface area contributed by atoms with Crippen LogP contribution in [0, 0.1) is 0 Å². The van der Waals surface area contributed by atoms with Crippen molar-refractivity contribution in [3.05, 3.63) is 48.6 Å². The number of carbonyl (C=O) groups excluding carboxylic acids is 3. The summed E-state index contributed by atoms with van der Waals surface area (Å²) in [7, 11) is 0. The number of rotatable bonds is 67. The van der Waals surface area contributed by atoms with Gasteiger partial charge in [0.15, 0.2) is 6.10 Å². The minimum absolute atomic E-state index is 0.0707. The molecule has 0 aromatic rings. The van der Waals surface area contributed by atoms with Gasteiger partial charge in [-0.25, -0.2) is 0 Å². The van der Waals surface area contributed by atoms with Gasteiger partial charge >= 0.3 is 17.9 Å². The molecule has 6 nitrogen and oxygen atoms in total. The molecule has 0 aliphatic heterocycles. The van der Waals surface area contributed by atoms with E-state index in [0.29, 0.717) is 19.3 Å². The Morgan fingerprint density at radius 2 is 0.444 bits per heavy atom. The van der Waals surface area contributed by atoms with Gasteiger partial charge in [-0.3, -0.25) is 14.4 Å². The Labute approximate surface area is 505 Å². The zero-order valence-corrected chi connectivity index (χ0v) is 54.6. The van der Waals surface area contributed by atoms with Gasteiger partial charge in [-0.1, -0.05) is 339 Å². The lowest BCUT2D eigenvalue weighted by Gasteiger charge is -2.18. The first kappa shape index (κ1) is 78.4. The van der Waals surface area contributed by atoms with Crippen molar-refractivity contribution in [2.45, 2.75) is 399 Å². The van der Waals surface area contributed by atoms with Crippen molar-refractivity contribution in [1.82, 2.24) is 0 Å². The lowest BCUT2D eigenvalue weighted by atomic mass is 10.0.